The largest absolute Gasteiger partial charge is 0.506 e. The molecule has 5 heteroatoms. The van der Waals surface area contributed by atoms with Crippen LogP contribution in [0.4, 0.5) is 0 Å². The van der Waals surface area contributed by atoms with E-state index in [1.54, 1.807) is 12.1 Å². The van der Waals surface area contributed by atoms with E-state index in [4.69, 9.17) is 16.3 Å². The summed E-state index contributed by atoms with van der Waals surface area (Å²) < 4.78 is 5.57. The van der Waals surface area contributed by atoms with E-state index in [0.29, 0.717) is 12.4 Å². The predicted octanol–water partition coefficient (Wildman–Crippen LogP) is 3.39. The Morgan fingerprint density at radius 3 is 2.50 bits per heavy atom. The highest BCUT2D eigenvalue weighted by Gasteiger charge is 2.16. The van der Waals surface area contributed by atoms with Gasteiger partial charge in [-0.05, 0) is 35.4 Å². The number of aromatic hydroxyl groups is 3. The summed E-state index contributed by atoms with van der Waals surface area (Å²) in [5.41, 5.74) is 2.34. The second-order valence-corrected chi connectivity index (χ2v) is 4.91. The number of benzene rings is 2. The zero-order valence-electron chi connectivity index (χ0n) is 10.3. The van der Waals surface area contributed by atoms with E-state index >= 15 is 0 Å². The molecule has 1 aliphatic heterocycles. The lowest BCUT2D eigenvalue weighted by Gasteiger charge is -2.19. The van der Waals surface area contributed by atoms with Gasteiger partial charge in [0, 0.05) is 11.6 Å². The van der Waals surface area contributed by atoms with E-state index in [2.05, 4.69) is 0 Å². The van der Waals surface area contributed by atoms with Gasteiger partial charge in [-0.15, -0.1) is 0 Å². The molecule has 0 atom stereocenters. The van der Waals surface area contributed by atoms with E-state index in [-0.39, 0.29) is 22.3 Å². The van der Waals surface area contributed by atoms with Crippen LogP contribution >= 0.6 is 11.6 Å². The molecule has 0 amide bonds. The van der Waals surface area contributed by atoms with E-state index in [1.807, 2.05) is 6.08 Å². The third-order valence-electron chi connectivity index (χ3n) is 3.14. The SMILES string of the molecule is Oc1ccc(C2=Cc3cc(Cl)c(O)cc3OC2)cc1O. The molecule has 0 unspecified atom stereocenters. The van der Waals surface area contributed by atoms with Gasteiger partial charge >= 0.3 is 0 Å². The Hall–Kier alpha value is -2.33. The maximum Gasteiger partial charge on any atom is 0.158 e. The zero-order valence-corrected chi connectivity index (χ0v) is 11.1. The third kappa shape index (κ3) is 2.14. The lowest BCUT2D eigenvalue weighted by atomic mass is 10.0. The van der Waals surface area contributed by atoms with Gasteiger partial charge in [-0.25, -0.2) is 0 Å². The molecule has 0 saturated carbocycles. The average Bonchev–Trinajstić information content (AvgIpc) is 2.43. The summed E-state index contributed by atoms with van der Waals surface area (Å²) >= 11 is 5.88. The van der Waals surface area contributed by atoms with E-state index in [0.717, 1.165) is 16.7 Å². The first-order valence-corrected chi connectivity index (χ1v) is 6.30. The summed E-state index contributed by atoms with van der Waals surface area (Å²) in [6.07, 6.45) is 1.87. The molecule has 0 fully saturated rings. The van der Waals surface area contributed by atoms with Gasteiger partial charge in [-0.2, -0.15) is 0 Å². The van der Waals surface area contributed by atoms with Crippen LogP contribution in [0, 0.1) is 0 Å². The standard InChI is InChI=1S/C15H11ClO4/c16-11-4-9-3-10(7-20-15(9)6-13(11)18)8-1-2-12(17)14(19)5-8/h1-6,17-19H,7H2. The molecule has 2 aromatic carbocycles. The van der Waals surface area contributed by atoms with Crippen molar-refractivity contribution < 1.29 is 20.1 Å². The van der Waals surface area contributed by atoms with Crippen molar-refractivity contribution in [2.75, 3.05) is 6.61 Å². The van der Waals surface area contributed by atoms with Crippen LogP contribution in [-0.2, 0) is 0 Å². The fourth-order valence-corrected chi connectivity index (χ4v) is 2.24. The van der Waals surface area contributed by atoms with Crippen LogP contribution in [0.3, 0.4) is 0 Å². The molecule has 102 valence electrons. The van der Waals surface area contributed by atoms with E-state index in [9.17, 15) is 15.3 Å². The van der Waals surface area contributed by atoms with Crippen molar-refractivity contribution in [2.24, 2.45) is 0 Å². The molecule has 1 heterocycles. The highest BCUT2D eigenvalue weighted by Crippen LogP contribution is 2.38. The van der Waals surface area contributed by atoms with Gasteiger partial charge in [-0.3, -0.25) is 0 Å². The highest BCUT2D eigenvalue weighted by atomic mass is 35.5. The van der Waals surface area contributed by atoms with Crippen molar-refractivity contribution in [3.8, 4) is 23.0 Å². The average molecular weight is 291 g/mol. The first-order chi connectivity index (χ1) is 9.54. The fourth-order valence-electron chi connectivity index (χ4n) is 2.07. The van der Waals surface area contributed by atoms with Crippen molar-refractivity contribution in [3.05, 3.63) is 46.5 Å². The molecular weight excluding hydrogens is 280 g/mol. The normalized spacial score (nSPS) is 13.3. The Balaban J connectivity index is 2.05. The summed E-state index contributed by atoms with van der Waals surface area (Å²) in [7, 11) is 0. The molecule has 4 nitrogen and oxygen atoms in total. The Bertz CT molecular complexity index is 722. The van der Waals surface area contributed by atoms with E-state index < -0.39 is 0 Å². The van der Waals surface area contributed by atoms with Gasteiger partial charge < -0.3 is 20.1 Å². The molecule has 0 bridgehead atoms. The van der Waals surface area contributed by atoms with Crippen LogP contribution in [-0.4, -0.2) is 21.9 Å². The summed E-state index contributed by atoms with van der Waals surface area (Å²) in [5, 5.41) is 28.6. The van der Waals surface area contributed by atoms with Crippen LogP contribution in [0.1, 0.15) is 11.1 Å². The smallest absolute Gasteiger partial charge is 0.158 e. The molecule has 0 aliphatic carbocycles. The number of rotatable bonds is 1. The fraction of sp³-hybridized carbons (Fsp3) is 0.0667. The Labute approximate surface area is 120 Å². The van der Waals surface area contributed by atoms with Crippen LogP contribution in [0.15, 0.2) is 30.3 Å². The van der Waals surface area contributed by atoms with Crippen molar-refractivity contribution in [2.45, 2.75) is 0 Å². The summed E-state index contributed by atoms with van der Waals surface area (Å²) in [5.74, 6) is 0.181. The summed E-state index contributed by atoms with van der Waals surface area (Å²) in [6.45, 7) is 0.304. The Morgan fingerprint density at radius 2 is 1.75 bits per heavy atom. The molecule has 20 heavy (non-hydrogen) atoms. The van der Waals surface area contributed by atoms with Crippen LogP contribution in [0.25, 0.3) is 11.6 Å². The third-order valence-corrected chi connectivity index (χ3v) is 3.44. The van der Waals surface area contributed by atoms with Gasteiger partial charge in [-0.1, -0.05) is 17.7 Å². The summed E-state index contributed by atoms with van der Waals surface area (Å²) in [6, 6.07) is 7.67. The van der Waals surface area contributed by atoms with Crippen LogP contribution in [0.5, 0.6) is 23.0 Å². The molecule has 0 radical (unpaired) electrons. The van der Waals surface area contributed by atoms with Gasteiger partial charge in [0.1, 0.15) is 18.1 Å². The van der Waals surface area contributed by atoms with Gasteiger partial charge in [0.2, 0.25) is 0 Å². The molecule has 0 spiro atoms. The van der Waals surface area contributed by atoms with Gasteiger partial charge in [0.15, 0.2) is 11.5 Å². The number of halogens is 1. The second-order valence-electron chi connectivity index (χ2n) is 4.50. The lowest BCUT2D eigenvalue weighted by molar-refractivity contribution is 0.362. The van der Waals surface area contributed by atoms with Crippen molar-refractivity contribution in [1.29, 1.82) is 0 Å². The van der Waals surface area contributed by atoms with E-state index in [1.165, 1.54) is 18.2 Å². The van der Waals surface area contributed by atoms with Gasteiger partial charge in [0.25, 0.3) is 0 Å². The monoisotopic (exact) mass is 290 g/mol. The molecule has 1 aliphatic rings. The lowest BCUT2D eigenvalue weighted by Crippen LogP contribution is -2.06. The molecule has 0 aromatic heterocycles. The molecular formula is C15H11ClO4. The highest BCUT2D eigenvalue weighted by molar-refractivity contribution is 6.32. The van der Waals surface area contributed by atoms with Crippen molar-refractivity contribution >= 4 is 23.3 Å². The topological polar surface area (TPSA) is 69.9 Å². The molecule has 3 N–H and O–H groups in total. The maximum absolute atomic E-state index is 9.53. The number of ether oxygens (including phenoxy) is 1. The van der Waals surface area contributed by atoms with Crippen molar-refractivity contribution in [3.63, 3.8) is 0 Å². The van der Waals surface area contributed by atoms with Crippen LogP contribution < -0.4 is 4.74 Å². The molecule has 0 saturated heterocycles. The number of phenols is 3. The molecule has 3 rings (SSSR count). The first-order valence-electron chi connectivity index (χ1n) is 5.93. The summed E-state index contributed by atoms with van der Waals surface area (Å²) in [4.78, 5) is 0. The predicted molar refractivity (Wildman–Crippen MR) is 76.3 cm³/mol. The molecule has 2 aromatic rings. The number of phenolic OH excluding ortho intramolecular Hbond substituents is 3. The van der Waals surface area contributed by atoms with Crippen LogP contribution in [0.2, 0.25) is 5.02 Å². The number of hydrogen-bond acceptors (Lipinski definition) is 4. The second kappa shape index (κ2) is 4.65. The minimum Gasteiger partial charge on any atom is -0.506 e. The maximum atomic E-state index is 9.53. The first kappa shape index (κ1) is 12.7. The Kier molecular flexibility index (Phi) is 2.95. The van der Waals surface area contributed by atoms with Gasteiger partial charge in [0.05, 0.1) is 5.02 Å². The number of fused-ring (bicyclic) bond motifs is 1. The van der Waals surface area contributed by atoms with Crippen molar-refractivity contribution in [1.82, 2.24) is 0 Å². The Morgan fingerprint density at radius 1 is 0.950 bits per heavy atom. The minimum absolute atomic E-state index is 0.0236. The number of hydrogen-bond donors (Lipinski definition) is 3. The quantitative estimate of drug-likeness (QED) is 0.704. The zero-order chi connectivity index (χ0) is 14.3. The minimum atomic E-state index is -0.182.